The molecule has 2 heteroatoms. The van der Waals surface area contributed by atoms with E-state index in [2.05, 4.69) is 45.0 Å². The van der Waals surface area contributed by atoms with Gasteiger partial charge in [0.2, 0.25) is 0 Å². The Morgan fingerprint density at radius 1 is 1.23 bits per heavy atom. The third kappa shape index (κ3) is 3.41. The van der Waals surface area contributed by atoms with E-state index in [0.717, 1.165) is 0 Å². The van der Waals surface area contributed by atoms with Gasteiger partial charge >= 0.3 is 0 Å². The average Bonchev–Trinajstić information content (AvgIpc) is 2.09. The average molecular weight is 195 g/mol. The van der Waals surface area contributed by atoms with E-state index in [1.807, 2.05) is 11.8 Å². The van der Waals surface area contributed by atoms with Crippen molar-refractivity contribution in [3.63, 3.8) is 0 Å². The zero-order valence-electron chi connectivity index (χ0n) is 8.50. The van der Waals surface area contributed by atoms with Crippen molar-refractivity contribution in [3.8, 4) is 0 Å². The van der Waals surface area contributed by atoms with Crippen LogP contribution < -0.4 is 5.73 Å². The predicted molar refractivity (Wildman–Crippen MR) is 60.2 cm³/mol. The first-order valence-electron chi connectivity index (χ1n) is 4.49. The van der Waals surface area contributed by atoms with Crippen molar-refractivity contribution in [2.45, 2.75) is 30.4 Å². The fourth-order valence-corrected chi connectivity index (χ4v) is 1.96. The highest BCUT2D eigenvalue weighted by Gasteiger charge is 2.16. The van der Waals surface area contributed by atoms with Gasteiger partial charge in [0.1, 0.15) is 0 Å². The van der Waals surface area contributed by atoms with Crippen LogP contribution in [0.2, 0.25) is 0 Å². The molecule has 1 aromatic rings. The van der Waals surface area contributed by atoms with E-state index >= 15 is 0 Å². The molecule has 13 heavy (non-hydrogen) atoms. The first-order chi connectivity index (χ1) is 6.03. The van der Waals surface area contributed by atoms with Gasteiger partial charge in [0.15, 0.2) is 0 Å². The fourth-order valence-electron chi connectivity index (χ4n) is 0.967. The molecule has 0 aromatic heterocycles. The third-order valence-corrected chi connectivity index (χ3v) is 3.13. The number of rotatable bonds is 3. The summed E-state index contributed by atoms with van der Waals surface area (Å²) in [5, 5.41) is 0. The Bertz CT molecular complexity index is 264. The molecule has 0 unspecified atom stereocenters. The second-order valence-corrected chi connectivity index (χ2v) is 5.66. The molecule has 0 aliphatic heterocycles. The predicted octanol–water partition coefficient (Wildman–Crippen LogP) is 2.82. The SMILES string of the molecule is Cc1ccc(SC(C)(C)CN)cc1. The van der Waals surface area contributed by atoms with Crippen LogP contribution in [-0.4, -0.2) is 11.3 Å². The highest BCUT2D eigenvalue weighted by molar-refractivity contribution is 8.00. The molecule has 72 valence electrons. The number of thioether (sulfide) groups is 1. The maximum Gasteiger partial charge on any atom is 0.0273 e. The number of hydrogen-bond donors (Lipinski definition) is 1. The van der Waals surface area contributed by atoms with Crippen molar-refractivity contribution in [1.29, 1.82) is 0 Å². The maximum absolute atomic E-state index is 5.66. The summed E-state index contributed by atoms with van der Waals surface area (Å²) in [6.45, 7) is 7.13. The number of nitrogens with two attached hydrogens (primary N) is 1. The summed E-state index contributed by atoms with van der Waals surface area (Å²) in [5.41, 5.74) is 6.96. The Balaban J connectivity index is 2.69. The first-order valence-corrected chi connectivity index (χ1v) is 5.31. The molecule has 0 atom stereocenters. The Morgan fingerprint density at radius 3 is 2.23 bits per heavy atom. The molecule has 0 bridgehead atoms. The standard InChI is InChI=1S/C11H17NS/c1-9-4-6-10(7-5-9)13-11(2,3)8-12/h4-7H,8,12H2,1-3H3. The van der Waals surface area contributed by atoms with E-state index in [0.29, 0.717) is 6.54 Å². The second-order valence-electron chi connectivity index (χ2n) is 3.88. The molecule has 0 amide bonds. The largest absolute Gasteiger partial charge is 0.329 e. The van der Waals surface area contributed by atoms with Crippen molar-refractivity contribution in [2.24, 2.45) is 5.73 Å². The van der Waals surface area contributed by atoms with Crippen LogP contribution in [0.1, 0.15) is 19.4 Å². The normalized spacial score (nSPS) is 11.7. The molecule has 0 saturated heterocycles. The zero-order chi connectivity index (χ0) is 9.90. The monoisotopic (exact) mass is 195 g/mol. The van der Waals surface area contributed by atoms with Gasteiger partial charge in [-0.05, 0) is 32.9 Å². The summed E-state index contributed by atoms with van der Waals surface area (Å²) in [5.74, 6) is 0. The van der Waals surface area contributed by atoms with E-state index in [-0.39, 0.29) is 4.75 Å². The molecule has 1 rings (SSSR count). The Labute approximate surface area is 84.7 Å². The molecule has 1 aromatic carbocycles. The van der Waals surface area contributed by atoms with Crippen LogP contribution in [0.15, 0.2) is 29.2 Å². The minimum Gasteiger partial charge on any atom is -0.329 e. The molecule has 1 nitrogen and oxygen atoms in total. The summed E-state index contributed by atoms with van der Waals surface area (Å²) in [7, 11) is 0. The summed E-state index contributed by atoms with van der Waals surface area (Å²) in [6.07, 6.45) is 0. The van der Waals surface area contributed by atoms with Gasteiger partial charge in [-0.15, -0.1) is 11.8 Å². The summed E-state index contributed by atoms with van der Waals surface area (Å²) < 4.78 is 0.134. The quantitative estimate of drug-likeness (QED) is 0.751. The molecule has 0 aliphatic rings. The smallest absolute Gasteiger partial charge is 0.0273 e. The number of benzene rings is 1. The minimum atomic E-state index is 0.134. The second kappa shape index (κ2) is 4.16. The number of hydrogen-bond acceptors (Lipinski definition) is 2. The van der Waals surface area contributed by atoms with Crippen molar-refractivity contribution in [3.05, 3.63) is 29.8 Å². The van der Waals surface area contributed by atoms with Crippen LogP contribution in [0.5, 0.6) is 0 Å². The van der Waals surface area contributed by atoms with Crippen LogP contribution >= 0.6 is 11.8 Å². The lowest BCUT2D eigenvalue weighted by Crippen LogP contribution is -2.26. The fraction of sp³-hybridized carbons (Fsp3) is 0.455. The van der Waals surface area contributed by atoms with Crippen molar-refractivity contribution < 1.29 is 0 Å². The Morgan fingerprint density at radius 2 is 1.77 bits per heavy atom. The van der Waals surface area contributed by atoms with Crippen LogP contribution in [0.4, 0.5) is 0 Å². The molecular weight excluding hydrogens is 178 g/mol. The van der Waals surface area contributed by atoms with Crippen molar-refractivity contribution in [1.82, 2.24) is 0 Å². The molecule has 0 fully saturated rings. The first kappa shape index (κ1) is 10.6. The van der Waals surface area contributed by atoms with Crippen LogP contribution in [0.25, 0.3) is 0 Å². The van der Waals surface area contributed by atoms with Gasteiger partial charge in [-0.3, -0.25) is 0 Å². The van der Waals surface area contributed by atoms with Gasteiger partial charge in [0.05, 0.1) is 0 Å². The molecule has 0 aliphatic carbocycles. The molecule has 0 radical (unpaired) electrons. The minimum absolute atomic E-state index is 0.134. The molecule has 2 N–H and O–H groups in total. The third-order valence-electron chi connectivity index (χ3n) is 1.91. The summed E-state index contributed by atoms with van der Waals surface area (Å²) >= 11 is 1.83. The van der Waals surface area contributed by atoms with E-state index in [4.69, 9.17) is 5.73 Å². The summed E-state index contributed by atoms with van der Waals surface area (Å²) in [4.78, 5) is 1.29. The lowest BCUT2D eigenvalue weighted by Gasteiger charge is -2.21. The van der Waals surface area contributed by atoms with Gasteiger partial charge in [-0.25, -0.2) is 0 Å². The Hall–Kier alpha value is -0.470. The molecule has 0 heterocycles. The topological polar surface area (TPSA) is 26.0 Å². The van der Waals surface area contributed by atoms with E-state index < -0.39 is 0 Å². The van der Waals surface area contributed by atoms with Gasteiger partial charge in [0, 0.05) is 16.2 Å². The van der Waals surface area contributed by atoms with E-state index in [9.17, 15) is 0 Å². The summed E-state index contributed by atoms with van der Waals surface area (Å²) in [6, 6.07) is 8.57. The van der Waals surface area contributed by atoms with Crippen LogP contribution in [0.3, 0.4) is 0 Å². The van der Waals surface area contributed by atoms with Gasteiger partial charge in [-0.1, -0.05) is 17.7 Å². The maximum atomic E-state index is 5.66. The highest BCUT2D eigenvalue weighted by Crippen LogP contribution is 2.31. The van der Waals surface area contributed by atoms with E-state index in [1.165, 1.54) is 10.5 Å². The highest BCUT2D eigenvalue weighted by atomic mass is 32.2. The molecule has 0 saturated carbocycles. The Kier molecular flexibility index (Phi) is 3.40. The van der Waals surface area contributed by atoms with Crippen LogP contribution in [-0.2, 0) is 0 Å². The zero-order valence-corrected chi connectivity index (χ0v) is 9.32. The molecular formula is C11H17NS. The van der Waals surface area contributed by atoms with Gasteiger partial charge in [0.25, 0.3) is 0 Å². The lowest BCUT2D eigenvalue weighted by molar-refractivity contribution is 0.723. The van der Waals surface area contributed by atoms with Crippen molar-refractivity contribution >= 4 is 11.8 Å². The van der Waals surface area contributed by atoms with E-state index in [1.54, 1.807) is 0 Å². The lowest BCUT2D eigenvalue weighted by atomic mass is 10.2. The number of aryl methyl sites for hydroxylation is 1. The van der Waals surface area contributed by atoms with Crippen LogP contribution in [0, 0.1) is 6.92 Å². The van der Waals surface area contributed by atoms with Gasteiger partial charge in [-0.2, -0.15) is 0 Å². The van der Waals surface area contributed by atoms with Gasteiger partial charge < -0.3 is 5.73 Å². The van der Waals surface area contributed by atoms with Crippen molar-refractivity contribution in [2.75, 3.05) is 6.54 Å². The molecule has 0 spiro atoms.